The molecule has 5 atom stereocenters. The van der Waals surface area contributed by atoms with Gasteiger partial charge in [-0.2, -0.15) is 0 Å². The van der Waals surface area contributed by atoms with Crippen LogP contribution in [0.4, 0.5) is 8.78 Å². The average molecular weight is 1920 g/mol. The Balaban J connectivity index is 0.000000159. The second kappa shape index (κ2) is 44.4. The largest absolute Gasteiger partial charge is 0.494 e. The summed E-state index contributed by atoms with van der Waals surface area (Å²) in [6.07, 6.45) is 3.41. The van der Waals surface area contributed by atoms with E-state index in [2.05, 4.69) is 15.9 Å². The SMILES string of the molecule is CCOc1ccc(Br)cc1C1CC(=O)Cc2cc(OC)c(OC)c(OC)c21.COc1cc(C)c(C2CC(=O)Cc3cc(OC)c(OC)c(OC)c32)cc1OC.COc1cc2c(c(OC)c1OC)C(c1c(C)cccc1Cl)CC(=O)C2.COc1cc2c(c(OC)c1OC)C(c1cccc(C(C)(F)F)c1)CC(=O)C2.COc1cc2c(c(OC)c1OC)C(c1cccc(C)c1Cl)CC(=O)C2. The molecule has 0 saturated carbocycles. The number of methoxy groups -OCH3 is 17. The number of alkyl halides is 2. The molecule has 0 aliphatic heterocycles. The quantitative estimate of drug-likeness (QED) is 0.0515. The van der Waals surface area contributed by atoms with Gasteiger partial charge in [0.25, 0.3) is 5.92 Å². The summed E-state index contributed by atoms with van der Waals surface area (Å²) in [4.78, 5) is 62.4. The molecule has 28 heteroatoms. The number of benzene rings is 10. The van der Waals surface area contributed by atoms with Crippen molar-refractivity contribution in [2.24, 2.45) is 0 Å². The first-order chi connectivity index (χ1) is 63.3. The molecule has 702 valence electrons. The van der Waals surface area contributed by atoms with Crippen molar-refractivity contribution in [3.63, 3.8) is 0 Å². The predicted octanol–water partition coefficient (Wildman–Crippen LogP) is 21.3. The van der Waals surface area contributed by atoms with Gasteiger partial charge in [0.05, 0.1) is 127 Å². The number of ether oxygens (including phenoxy) is 18. The zero-order valence-corrected chi connectivity index (χ0v) is 81.6. The van der Waals surface area contributed by atoms with Crippen molar-refractivity contribution in [2.75, 3.05) is 127 Å². The van der Waals surface area contributed by atoms with Gasteiger partial charge in [-0.25, -0.2) is 8.78 Å². The van der Waals surface area contributed by atoms with Gasteiger partial charge in [0.2, 0.25) is 28.7 Å². The third-order valence-electron chi connectivity index (χ3n) is 24.4. The van der Waals surface area contributed by atoms with E-state index in [1.165, 1.54) is 33.5 Å². The van der Waals surface area contributed by atoms with Crippen molar-refractivity contribution in [3.05, 3.63) is 242 Å². The molecule has 0 N–H and O–H groups in total. The molecule has 5 aliphatic rings. The van der Waals surface area contributed by atoms with Crippen LogP contribution in [-0.4, -0.2) is 156 Å². The molecule has 0 bridgehead atoms. The van der Waals surface area contributed by atoms with Crippen LogP contribution in [0, 0.1) is 20.8 Å². The molecular formula is C104H113BrCl2F2O23. The maximum absolute atomic E-state index is 13.8. The zero-order chi connectivity index (χ0) is 96.0. The van der Waals surface area contributed by atoms with Gasteiger partial charge in [-0.1, -0.05) is 87.7 Å². The number of fused-ring (bicyclic) bond motifs is 5. The Morgan fingerprint density at radius 3 is 1.01 bits per heavy atom. The van der Waals surface area contributed by atoms with Crippen LogP contribution >= 0.6 is 39.1 Å². The molecule has 0 heterocycles. The maximum Gasteiger partial charge on any atom is 0.270 e. The minimum atomic E-state index is -2.96. The van der Waals surface area contributed by atoms with Crippen molar-refractivity contribution in [2.45, 2.75) is 134 Å². The fraction of sp³-hybridized carbons (Fsp3) is 0.375. The molecule has 23 nitrogen and oxygen atoms in total. The first-order valence-corrected chi connectivity index (χ1v) is 44.2. The molecular weight excluding hydrogens is 1810 g/mol. The molecule has 132 heavy (non-hydrogen) atoms. The Labute approximate surface area is 788 Å². The van der Waals surface area contributed by atoms with Crippen molar-refractivity contribution >= 4 is 68.0 Å². The van der Waals surface area contributed by atoms with Crippen LogP contribution in [0.3, 0.4) is 0 Å². The topological polar surface area (TPSA) is 251 Å². The minimum absolute atomic E-state index is 0.0374. The van der Waals surface area contributed by atoms with Gasteiger partial charge in [-0.15, -0.1) is 0 Å². The van der Waals surface area contributed by atoms with E-state index in [1.54, 1.807) is 118 Å². The summed E-state index contributed by atoms with van der Waals surface area (Å²) in [6, 6.07) is 36.9. The number of Topliss-reactive ketones (excluding diaryl/α,β-unsaturated/α-hetero) is 5. The van der Waals surface area contributed by atoms with Gasteiger partial charge in [-0.05, 0) is 167 Å². The van der Waals surface area contributed by atoms with Gasteiger partial charge >= 0.3 is 0 Å². The summed E-state index contributed by atoms with van der Waals surface area (Å²) in [5.74, 6) is 6.86. The molecule has 5 aliphatic carbocycles. The van der Waals surface area contributed by atoms with E-state index in [1.807, 2.05) is 119 Å². The first kappa shape index (κ1) is 100. The van der Waals surface area contributed by atoms with Crippen molar-refractivity contribution < 1.29 is 118 Å². The summed E-state index contributed by atoms with van der Waals surface area (Å²) in [5.41, 5.74) is 16.4. The maximum atomic E-state index is 13.8. The lowest BCUT2D eigenvalue weighted by molar-refractivity contribution is -0.119. The highest BCUT2D eigenvalue weighted by molar-refractivity contribution is 9.10. The van der Waals surface area contributed by atoms with Crippen LogP contribution in [0.25, 0.3) is 0 Å². The van der Waals surface area contributed by atoms with E-state index < -0.39 is 11.8 Å². The fourth-order valence-electron chi connectivity index (χ4n) is 18.7. The van der Waals surface area contributed by atoms with Crippen LogP contribution < -0.4 is 85.3 Å². The molecule has 0 saturated heterocycles. The number of hydrogen-bond donors (Lipinski definition) is 0. The third kappa shape index (κ3) is 20.9. The molecule has 15 rings (SSSR count). The number of carbonyl (C=O) groups is 5. The summed E-state index contributed by atoms with van der Waals surface area (Å²) in [6.45, 7) is 9.33. The van der Waals surface area contributed by atoms with E-state index in [0.29, 0.717) is 171 Å². The molecule has 10 aromatic carbocycles. The number of halogens is 5. The number of aryl methyl sites for hydroxylation is 3. The van der Waals surface area contributed by atoms with Crippen LogP contribution in [-0.2, 0) is 62.0 Å². The lowest BCUT2D eigenvalue weighted by Crippen LogP contribution is -2.21. The van der Waals surface area contributed by atoms with Crippen molar-refractivity contribution in [1.82, 2.24) is 0 Å². The van der Waals surface area contributed by atoms with Gasteiger partial charge in [0, 0.05) is 154 Å². The van der Waals surface area contributed by atoms with Gasteiger partial charge in [0.15, 0.2) is 69.0 Å². The van der Waals surface area contributed by atoms with E-state index in [0.717, 1.165) is 112 Å². The Morgan fingerprint density at radius 2 is 0.644 bits per heavy atom. The number of carbonyl (C=O) groups excluding carboxylic acids is 5. The normalized spacial score (nSPS) is 16.2. The monoisotopic (exact) mass is 1920 g/mol. The number of ketones is 5. The van der Waals surface area contributed by atoms with E-state index in [4.69, 9.17) is 108 Å². The Bertz CT molecular complexity index is 5940. The second-order valence-corrected chi connectivity index (χ2v) is 33.8. The van der Waals surface area contributed by atoms with Gasteiger partial charge < -0.3 is 85.3 Å². The lowest BCUT2D eigenvalue weighted by Gasteiger charge is -2.30. The third-order valence-corrected chi connectivity index (χ3v) is 25.8. The summed E-state index contributed by atoms with van der Waals surface area (Å²) in [7, 11) is 26.8. The summed E-state index contributed by atoms with van der Waals surface area (Å²) >= 11 is 16.6. The fourth-order valence-corrected chi connectivity index (χ4v) is 19.7. The summed E-state index contributed by atoms with van der Waals surface area (Å²) < 4.78 is 128. The van der Waals surface area contributed by atoms with E-state index >= 15 is 0 Å². The lowest BCUT2D eigenvalue weighted by atomic mass is 9.76. The van der Waals surface area contributed by atoms with Crippen molar-refractivity contribution in [1.29, 1.82) is 0 Å². The standard InChI is InChI=1S/C22H26O6.C21H23BrO5.C21H22F2O4.2C20H21ClO4/c1-12-7-17(24-2)18(25-3)11-15(12)16-10-14(23)8-13-9-19(26-4)21(27-5)22(28-6)20(13)16;1-5-27-17-7-6-13(22)10-15(17)16-11-14(23)8-12-9-18(24-2)20(25-3)21(26-4)19(12)16;1-21(22,23)14-7-5-6-12(8-14)16-11-15(24)9-13-10-17(25-2)19(26-3)20(27-4)18(13)16;1-11-6-5-7-15(21)17(11)14-10-13(22)8-12-9-16(23-2)19(24-3)20(25-4)18(12)14;1-11-6-5-7-14(18(11)21)15-10-13(22)8-12-9-16(23-2)19(24-3)20(25-4)17(12)15/h7,9,11,16H,8,10H2,1-6H3;6-7,9-10,16H,5,8,11H2,1-4H3;5-8,10,16H,9,11H2,1-4H3;5-7,9,14H,8,10H2,1-4H3;5-7,9,15H,8,10H2,1-4H3. The molecule has 0 fully saturated rings. The molecule has 0 aromatic heterocycles. The van der Waals surface area contributed by atoms with Crippen LogP contribution in [0.15, 0.2) is 126 Å². The molecule has 0 spiro atoms. The van der Waals surface area contributed by atoms with Crippen LogP contribution in [0.5, 0.6) is 103 Å². The van der Waals surface area contributed by atoms with E-state index in [9.17, 15) is 32.8 Å². The van der Waals surface area contributed by atoms with Gasteiger partial charge in [-0.3, -0.25) is 24.0 Å². The highest BCUT2D eigenvalue weighted by Crippen LogP contribution is 2.58. The minimum Gasteiger partial charge on any atom is -0.494 e. The molecule has 0 amide bonds. The average Bonchev–Trinajstić information content (AvgIpc) is 0.767. The molecule has 5 unspecified atom stereocenters. The van der Waals surface area contributed by atoms with Crippen LogP contribution in [0.1, 0.15) is 181 Å². The Kier molecular flexibility index (Phi) is 33.8. The molecule has 0 radical (unpaired) electrons. The van der Waals surface area contributed by atoms with E-state index in [-0.39, 0.29) is 71.0 Å². The van der Waals surface area contributed by atoms with Gasteiger partial charge in [0.1, 0.15) is 34.7 Å². The Hall–Kier alpha value is -12.1. The predicted molar refractivity (Wildman–Crippen MR) is 504 cm³/mol. The van der Waals surface area contributed by atoms with Crippen LogP contribution in [0.2, 0.25) is 10.0 Å². The summed E-state index contributed by atoms with van der Waals surface area (Å²) in [5, 5.41) is 1.34. The second-order valence-electron chi connectivity index (χ2n) is 32.1. The smallest absolute Gasteiger partial charge is 0.270 e. The number of rotatable bonds is 25. The van der Waals surface area contributed by atoms with Crippen molar-refractivity contribution in [3.8, 4) is 103 Å². The zero-order valence-electron chi connectivity index (χ0n) is 78.5. The number of hydrogen-bond acceptors (Lipinski definition) is 23. The highest BCUT2D eigenvalue weighted by Gasteiger charge is 2.42. The Morgan fingerprint density at radius 1 is 0.318 bits per heavy atom. The molecule has 10 aromatic rings. The first-order valence-electron chi connectivity index (χ1n) is 42.6. The highest BCUT2D eigenvalue weighted by atomic mass is 79.9.